The van der Waals surface area contributed by atoms with Crippen LogP contribution in [0.1, 0.15) is 26.3 Å². The molecule has 5 heteroatoms. The molecule has 0 aromatic heterocycles. The van der Waals surface area contributed by atoms with Crippen molar-refractivity contribution in [1.82, 2.24) is 0 Å². The second kappa shape index (κ2) is 5.91. The minimum Gasteiger partial charge on any atom is -0.490 e. The van der Waals surface area contributed by atoms with E-state index in [2.05, 4.69) is 34.9 Å². The van der Waals surface area contributed by atoms with Crippen LogP contribution in [-0.2, 0) is 0 Å². The maximum Gasteiger partial charge on any atom is 0.171 e. The molecule has 0 aliphatic carbocycles. The summed E-state index contributed by atoms with van der Waals surface area (Å²) in [5.41, 5.74) is 6.16. The number of rotatable bonds is 4. The first kappa shape index (κ1) is 13.8. The van der Waals surface area contributed by atoms with Gasteiger partial charge >= 0.3 is 0 Å². The van der Waals surface area contributed by atoms with Crippen molar-refractivity contribution in [2.75, 3.05) is 0 Å². The molecule has 4 nitrogen and oxygen atoms in total. The molecule has 0 saturated heterocycles. The van der Waals surface area contributed by atoms with E-state index in [9.17, 15) is 0 Å². The summed E-state index contributed by atoms with van der Waals surface area (Å²) >= 11 is 3.36. The molecule has 1 rings (SSSR count). The highest BCUT2D eigenvalue weighted by molar-refractivity contribution is 9.10. The average molecular weight is 301 g/mol. The molecule has 0 spiro atoms. The maximum atomic E-state index is 8.61. The molecule has 3 N–H and O–H groups in total. The smallest absolute Gasteiger partial charge is 0.171 e. The highest BCUT2D eigenvalue weighted by Crippen LogP contribution is 2.24. The van der Waals surface area contributed by atoms with Gasteiger partial charge in [0.25, 0.3) is 0 Å². The Kier molecular flexibility index (Phi) is 4.81. The second-order valence-corrected chi connectivity index (χ2v) is 5.05. The fraction of sp³-hybridized carbons (Fsp3) is 0.417. The predicted molar refractivity (Wildman–Crippen MR) is 71.6 cm³/mol. The summed E-state index contributed by atoms with van der Waals surface area (Å²) in [5.74, 6) is 1.27. The van der Waals surface area contributed by atoms with Crippen LogP contribution in [0.4, 0.5) is 0 Å². The van der Waals surface area contributed by atoms with Crippen LogP contribution >= 0.6 is 15.9 Å². The van der Waals surface area contributed by atoms with Crippen LogP contribution in [0.3, 0.4) is 0 Å². The number of nitrogens with zero attached hydrogens (tertiary/aromatic N) is 1. The molecule has 0 saturated carbocycles. The standard InChI is InChI=1S/C12H17BrN2O2/c1-7(2)8(3)17-9-4-5-10(11(13)6-9)12(14)15-16/h4-8,16H,1-3H3,(H2,14,15). The zero-order valence-corrected chi connectivity index (χ0v) is 11.7. The van der Waals surface area contributed by atoms with Gasteiger partial charge < -0.3 is 15.7 Å². The van der Waals surface area contributed by atoms with Crippen molar-refractivity contribution in [2.24, 2.45) is 16.8 Å². The lowest BCUT2D eigenvalue weighted by Crippen LogP contribution is -2.19. The molecule has 0 radical (unpaired) electrons. The normalized spacial score (nSPS) is 13.8. The van der Waals surface area contributed by atoms with Crippen LogP contribution in [0.15, 0.2) is 27.8 Å². The zero-order chi connectivity index (χ0) is 13.0. The van der Waals surface area contributed by atoms with Crippen molar-refractivity contribution >= 4 is 21.8 Å². The molecule has 1 unspecified atom stereocenters. The van der Waals surface area contributed by atoms with Gasteiger partial charge in [0.1, 0.15) is 5.75 Å². The summed E-state index contributed by atoms with van der Waals surface area (Å²) in [6, 6.07) is 5.37. The summed E-state index contributed by atoms with van der Waals surface area (Å²) in [5, 5.41) is 11.6. The SMILES string of the molecule is CC(C)C(C)Oc1ccc(/C(N)=N/O)c(Br)c1. The lowest BCUT2D eigenvalue weighted by Gasteiger charge is -2.18. The molecule has 0 aliphatic rings. The molecular weight excluding hydrogens is 284 g/mol. The van der Waals surface area contributed by atoms with E-state index in [-0.39, 0.29) is 11.9 Å². The van der Waals surface area contributed by atoms with Gasteiger partial charge in [-0.1, -0.05) is 19.0 Å². The number of halogens is 1. The van der Waals surface area contributed by atoms with Gasteiger partial charge in [0, 0.05) is 10.0 Å². The number of hydrogen-bond donors (Lipinski definition) is 2. The first-order chi connectivity index (χ1) is 7.95. The van der Waals surface area contributed by atoms with Crippen LogP contribution in [0.2, 0.25) is 0 Å². The van der Waals surface area contributed by atoms with Crippen molar-refractivity contribution < 1.29 is 9.94 Å². The number of benzene rings is 1. The van der Waals surface area contributed by atoms with Gasteiger partial charge in [0.15, 0.2) is 5.84 Å². The number of amidine groups is 1. The molecule has 0 heterocycles. The van der Waals surface area contributed by atoms with Crippen LogP contribution in [0, 0.1) is 5.92 Å². The average Bonchev–Trinajstić information content (AvgIpc) is 2.28. The molecule has 1 aromatic rings. The van der Waals surface area contributed by atoms with Crippen molar-refractivity contribution in [3.63, 3.8) is 0 Å². The molecule has 0 aliphatic heterocycles. The summed E-state index contributed by atoms with van der Waals surface area (Å²) in [7, 11) is 0. The van der Waals surface area contributed by atoms with E-state index < -0.39 is 0 Å². The fourth-order valence-electron chi connectivity index (χ4n) is 1.18. The molecule has 0 amide bonds. The quantitative estimate of drug-likeness (QED) is 0.389. The Labute approximate surface area is 110 Å². The summed E-state index contributed by atoms with van der Waals surface area (Å²) in [4.78, 5) is 0. The van der Waals surface area contributed by atoms with Crippen LogP contribution < -0.4 is 10.5 Å². The van der Waals surface area contributed by atoms with Gasteiger partial charge in [0.05, 0.1) is 6.10 Å². The minimum atomic E-state index is 0.0698. The predicted octanol–water partition coefficient (Wildman–Crippen LogP) is 2.97. The first-order valence-electron chi connectivity index (χ1n) is 5.39. The topological polar surface area (TPSA) is 67.8 Å². The lowest BCUT2D eigenvalue weighted by atomic mass is 10.1. The third-order valence-electron chi connectivity index (χ3n) is 2.59. The largest absolute Gasteiger partial charge is 0.490 e. The van der Waals surface area contributed by atoms with Gasteiger partial charge in [-0.3, -0.25) is 0 Å². The molecule has 1 aromatic carbocycles. The van der Waals surface area contributed by atoms with Gasteiger partial charge in [-0.05, 0) is 47.0 Å². The molecular formula is C12H17BrN2O2. The van der Waals surface area contributed by atoms with Gasteiger partial charge in [-0.25, -0.2) is 0 Å². The number of oxime groups is 1. The second-order valence-electron chi connectivity index (χ2n) is 4.19. The minimum absolute atomic E-state index is 0.0698. The van der Waals surface area contributed by atoms with E-state index in [1.807, 2.05) is 13.0 Å². The van der Waals surface area contributed by atoms with E-state index in [4.69, 9.17) is 15.7 Å². The summed E-state index contributed by atoms with van der Waals surface area (Å²) in [6.07, 6.45) is 0.136. The molecule has 0 fully saturated rings. The van der Waals surface area contributed by atoms with E-state index in [0.717, 1.165) is 10.2 Å². The number of nitrogens with two attached hydrogens (primary N) is 1. The van der Waals surface area contributed by atoms with E-state index in [1.54, 1.807) is 12.1 Å². The van der Waals surface area contributed by atoms with Crippen LogP contribution in [0.25, 0.3) is 0 Å². The molecule has 0 bridgehead atoms. The number of ether oxygens (including phenoxy) is 1. The monoisotopic (exact) mass is 300 g/mol. The zero-order valence-electron chi connectivity index (χ0n) is 10.1. The molecule has 1 atom stereocenters. The Bertz CT molecular complexity index is 419. The van der Waals surface area contributed by atoms with E-state index in [0.29, 0.717) is 11.5 Å². The van der Waals surface area contributed by atoms with E-state index in [1.165, 1.54) is 0 Å². The van der Waals surface area contributed by atoms with Crippen molar-refractivity contribution in [3.8, 4) is 5.75 Å². The third kappa shape index (κ3) is 3.63. The Morgan fingerprint density at radius 3 is 2.53 bits per heavy atom. The van der Waals surface area contributed by atoms with E-state index >= 15 is 0 Å². The highest BCUT2D eigenvalue weighted by atomic mass is 79.9. The Morgan fingerprint density at radius 1 is 1.41 bits per heavy atom. The van der Waals surface area contributed by atoms with Crippen molar-refractivity contribution in [1.29, 1.82) is 0 Å². The first-order valence-corrected chi connectivity index (χ1v) is 6.19. The van der Waals surface area contributed by atoms with Crippen LogP contribution in [0.5, 0.6) is 5.75 Å². The fourth-order valence-corrected chi connectivity index (χ4v) is 1.74. The van der Waals surface area contributed by atoms with Crippen LogP contribution in [-0.4, -0.2) is 17.1 Å². The number of hydrogen-bond acceptors (Lipinski definition) is 3. The van der Waals surface area contributed by atoms with Gasteiger partial charge in [-0.15, -0.1) is 0 Å². The summed E-state index contributed by atoms with van der Waals surface area (Å²) in [6.45, 7) is 6.23. The van der Waals surface area contributed by atoms with Crippen molar-refractivity contribution in [2.45, 2.75) is 26.9 Å². The highest BCUT2D eigenvalue weighted by Gasteiger charge is 2.11. The summed E-state index contributed by atoms with van der Waals surface area (Å²) < 4.78 is 6.49. The Hall–Kier alpha value is -1.23. The van der Waals surface area contributed by atoms with Crippen molar-refractivity contribution in [3.05, 3.63) is 28.2 Å². The molecule has 94 valence electrons. The van der Waals surface area contributed by atoms with Gasteiger partial charge in [-0.2, -0.15) is 0 Å². The third-order valence-corrected chi connectivity index (χ3v) is 3.24. The van der Waals surface area contributed by atoms with Gasteiger partial charge in [0.2, 0.25) is 0 Å². The Balaban J connectivity index is 2.90. The lowest BCUT2D eigenvalue weighted by molar-refractivity contribution is 0.170. The molecule has 17 heavy (non-hydrogen) atoms. The maximum absolute atomic E-state index is 8.61. The Morgan fingerprint density at radius 2 is 2.06 bits per heavy atom.